The second-order valence-electron chi connectivity index (χ2n) is 3.89. The fraction of sp³-hybridized carbons (Fsp3) is 0.889. The van der Waals surface area contributed by atoms with Gasteiger partial charge in [0.25, 0.3) is 0 Å². The van der Waals surface area contributed by atoms with Gasteiger partial charge in [-0.05, 0) is 19.8 Å². The van der Waals surface area contributed by atoms with E-state index in [4.69, 9.17) is 10.8 Å². The highest BCUT2D eigenvalue weighted by Crippen LogP contribution is 2.24. The largest absolute Gasteiger partial charge is 0.396 e. The monoisotopic (exact) mass is 218 g/mol. The summed E-state index contributed by atoms with van der Waals surface area (Å²) in [6, 6.07) is 0.460. The maximum absolute atomic E-state index is 11.3. The van der Waals surface area contributed by atoms with Crippen molar-refractivity contribution < 1.29 is 9.90 Å². The van der Waals surface area contributed by atoms with Crippen molar-refractivity contribution in [1.82, 2.24) is 5.32 Å². The van der Waals surface area contributed by atoms with Crippen molar-refractivity contribution in [2.45, 2.75) is 31.3 Å². The summed E-state index contributed by atoms with van der Waals surface area (Å²) in [5, 5.41) is 11.9. The third-order valence-corrected chi connectivity index (χ3v) is 3.52. The number of hydrogen-bond donors (Lipinski definition) is 3. The van der Waals surface area contributed by atoms with Crippen molar-refractivity contribution in [2.24, 2.45) is 5.73 Å². The number of nitrogens with one attached hydrogen (secondary N) is 1. The van der Waals surface area contributed by atoms with Gasteiger partial charge in [0, 0.05) is 17.5 Å². The summed E-state index contributed by atoms with van der Waals surface area (Å²) in [6.45, 7) is 1.97. The van der Waals surface area contributed by atoms with E-state index in [-0.39, 0.29) is 12.5 Å². The van der Waals surface area contributed by atoms with E-state index in [1.54, 1.807) is 11.8 Å². The molecule has 0 saturated heterocycles. The van der Waals surface area contributed by atoms with Crippen LogP contribution >= 0.6 is 11.8 Å². The van der Waals surface area contributed by atoms with Crippen molar-refractivity contribution in [3.63, 3.8) is 0 Å². The molecule has 4 nitrogen and oxygen atoms in total. The van der Waals surface area contributed by atoms with E-state index in [2.05, 4.69) is 5.32 Å². The topological polar surface area (TPSA) is 75.3 Å². The summed E-state index contributed by atoms with van der Waals surface area (Å²) in [4.78, 5) is 11.3. The molecule has 0 bridgehead atoms. The zero-order chi connectivity index (χ0) is 10.6. The highest BCUT2D eigenvalue weighted by atomic mass is 32.2. The molecule has 0 aromatic heterocycles. The Morgan fingerprint density at radius 2 is 2.36 bits per heavy atom. The summed E-state index contributed by atoms with van der Waals surface area (Å²) in [7, 11) is 0. The minimum absolute atomic E-state index is 0.142. The van der Waals surface area contributed by atoms with E-state index in [0.717, 1.165) is 12.8 Å². The lowest BCUT2D eigenvalue weighted by atomic mass is 10.1. The predicted octanol–water partition coefficient (Wildman–Crippen LogP) is -0.292. The van der Waals surface area contributed by atoms with Gasteiger partial charge in [-0.1, -0.05) is 0 Å². The first-order valence-corrected chi connectivity index (χ1v) is 6.00. The van der Waals surface area contributed by atoms with Gasteiger partial charge >= 0.3 is 0 Å². The Kier molecular flexibility index (Phi) is 4.22. The molecule has 14 heavy (non-hydrogen) atoms. The number of rotatable bonds is 7. The lowest BCUT2D eigenvalue weighted by Gasteiger charge is -2.27. The second-order valence-corrected chi connectivity index (χ2v) is 5.00. The molecule has 82 valence electrons. The first kappa shape index (κ1) is 11.8. The van der Waals surface area contributed by atoms with Crippen molar-refractivity contribution in [2.75, 3.05) is 18.1 Å². The van der Waals surface area contributed by atoms with Gasteiger partial charge in [0.1, 0.15) is 5.54 Å². The number of aliphatic hydroxyl groups is 1. The minimum Gasteiger partial charge on any atom is -0.396 e. The highest BCUT2D eigenvalue weighted by Gasteiger charge is 2.36. The van der Waals surface area contributed by atoms with Gasteiger partial charge in [-0.3, -0.25) is 4.79 Å². The Balaban J connectivity index is 2.38. The van der Waals surface area contributed by atoms with Gasteiger partial charge in [-0.25, -0.2) is 0 Å². The van der Waals surface area contributed by atoms with Crippen molar-refractivity contribution >= 4 is 17.7 Å². The molecule has 0 aliphatic heterocycles. The smallest absolute Gasteiger partial charge is 0.238 e. The van der Waals surface area contributed by atoms with E-state index in [9.17, 15) is 4.79 Å². The van der Waals surface area contributed by atoms with Crippen LogP contribution in [0, 0.1) is 0 Å². The van der Waals surface area contributed by atoms with Gasteiger partial charge < -0.3 is 16.2 Å². The van der Waals surface area contributed by atoms with Crippen LogP contribution < -0.4 is 11.1 Å². The lowest BCUT2D eigenvalue weighted by Crippen LogP contribution is -2.56. The lowest BCUT2D eigenvalue weighted by molar-refractivity contribution is -0.123. The summed E-state index contributed by atoms with van der Waals surface area (Å²) in [6.07, 6.45) is 2.26. The zero-order valence-corrected chi connectivity index (χ0v) is 9.27. The molecular weight excluding hydrogens is 200 g/mol. The third kappa shape index (κ3) is 3.48. The highest BCUT2D eigenvalue weighted by molar-refractivity contribution is 7.99. The maximum Gasteiger partial charge on any atom is 0.238 e. The normalized spacial score (nSPS) is 20.4. The second kappa shape index (κ2) is 5.00. The van der Waals surface area contributed by atoms with Gasteiger partial charge in [0.2, 0.25) is 5.91 Å². The summed E-state index contributed by atoms with van der Waals surface area (Å²) in [5.41, 5.74) is 4.73. The molecule has 1 aliphatic rings. The molecule has 1 saturated carbocycles. The Morgan fingerprint density at radius 1 is 1.71 bits per heavy atom. The number of hydrogen-bond acceptors (Lipinski definition) is 4. The summed E-state index contributed by atoms with van der Waals surface area (Å²) >= 11 is 1.54. The fourth-order valence-electron chi connectivity index (χ4n) is 1.20. The van der Waals surface area contributed by atoms with E-state index in [0.29, 0.717) is 17.5 Å². The van der Waals surface area contributed by atoms with Crippen LogP contribution in [-0.4, -0.2) is 40.7 Å². The van der Waals surface area contributed by atoms with Gasteiger partial charge in [-0.2, -0.15) is 11.8 Å². The number of carbonyl (C=O) groups is 1. The number of amides is 1. The molecule has 1 unspecified atom stereocenters. The standard InChI is InChI=1S/C9H18N2O2S/c1-9(8(10)13,6-14-5-4-12)11-7-2-3-7/h7,11-12H,2-6H2,1H3,(H2,10,13). The average Bonchev–Trinajstić information content (AvgIpc) is 2.88. The molecule has 1 rings (SSSR count). The number of nitrogens with two attached hydrogens (primary N) is 1. The summed E-state index contributed by atoms with van der Waals surface area (Å²) < 4.78 is 0. The van der Waals surface area contributed by atoms with Crippen LogP contribution in [0.1, 0.15) is 19.8 Å². The molecular formula is C9H18N2O2S. The molecule has 0 aromatic carbocycles. The Bertz CT molecular complexity index is 209. The molecule has 0 spiro atoms. The van der Waals surface area contributed by atoms with Gasteiger partial charge in [0.05, 0.1) is 6.61 Å². The summed E-state index contributed by atoms with van der Waals surface area (Å²) in [5.74, 6) is 0.962. The molecule has 0 radical (unpaired) electrons. The van der Waals surface area contributed by atoms with Crippen LogP contribution in [0.3, 0.4) is 0 Å². The number of thioether (sulfide) groups is 1. The number of carbonyl (C=O) groups excluding carboxylic acids is 1. The SMILES string of the molecule is CC(CSCCO)(NC1CC1)C(N)=O. The Morgan fingerprint density at radius 3 is 2.79 bits per heavy atom. The molecule has 0 heterocycles. The van der Waals surface area contributed by atoms with Gasteiger partial charge in [0.15, 0.2) is 0 Å². The number of aliphatic hydroxyl groups excluding tert-OH is 1. The van der Waals surface area contributed by atoms with Crippen LogP contribution in [0.25, 0.3) is 0 Å². The molecule has 1 aliphatic carbocycles. The first-order valence-electron chi connectivity index (χ1n) is 4.85. The molecule has 1 amide bonds. The van der Waals surface area contributed by atoms with Crippen molar-refractivity contribution in [1.29, 1.82) is 0 Å². The molecule has 5 heteroatoms. The molecule has 0 aromatic rings. The van der Waals surface area contributed by atoms with Gasteiger partial charge in [-0.15, -0.1) is 0 Å². The Labute approximate surface area is 88.6 Å². The van der Waals surface area contributed by atoms with E-state index in [1.165, 1.54) is 0 Å². The van der Waals surface area contributed by atoms with Crippen LogP contribution in [0.15, 0.2) is 0 Å². The van der Waals surface area contributed by atoms with Crippen LogP contribution in [0.2, 0.25) is 0 Å². The predicted molar refractivity (Wildman–Crippen MR) is 58.2 cm³/mol. The van der Waals surface area contributed by atoms with E-state index in [1.807, 2.05) is 6.92 Å². The van der Waals surface area contributed by atoms with Crippen molar-refractivity contribution in [3.05, 3.63) is 0 Å². The molecule has 1 fully saturated rings. The van der Waals surface area contributed by atoms with E-state index < -0.39 is 5.54 Å². The molecule has 4 N–H and O–H groups in total. The maximum atomic E-state index is 11.3. The average molecular weight is 218 g/mol. The van der Waals surface area contributed by atoms with Crippen LogP contribution in [0.4, 0.5) is 0 Å². The number of primary amides is 1. The quantitative estimate of drug-likeness (QED) is 0.513. The molecule has 1 atom stereocenters. The minimum atomic E-state index is -0.624. The van der Waals surface area contributed by atoms with Crippen molar-refractivity contribution in [3.8, 4) is 0 Å². The Hall–Kier alpha value is -0.260. The van der Waals surface area contributed by atoms with E-state index >= 15 is 0 Å². The van der Waals surface area contributed by atoms with Crippen LogP contribution in [-0.2, 0) is 4.79 Å². The van der Waals surface area contributed by atoms with Crippen LogP contribution in [0.5, 0.6) is 0 Å². The third-order valence-electron chi connectivity index (χ3n) is 2.27. The zero-order valence-electron chi connectivity index (χ0n) is 8.45. The fourth-order valence-corrected chi connectivity index (χ4v) is 2.11. The first-order chi connectivity index (χ1) is 6.58.